The Morgan fingerprint density at radius 3 is 2.58 bits per heavy atom. The summed E-state index contributed by atoms with van der Waals surface area (Å²) < 4.78 is 2.14. The van der Waals surface area contributed by atoms with E-state index in [9.17, 15) is 4.79 Å². The summed E-state index contributed by atoms with van der Waals surface area (Å²) in [5, 5.41) is 1.25. The van der Waals surface area contributed by atoms with Crippen LogP contribution < -0.4 is 4.90 Å². The molecule has 0 unspecified atom stereocenters. The van der Waals surface area contributed by atoms with Gasteiger partial charge in [-0.1, -0.05) is 12.1 Å². The zero-order chi connectivity index (χ0) is 24.8. The summed E-state index contributed by atoms with van der Waals surface area (Å²) in [6.07, 6.45) is 4.72. The number of imidazole rings is 1. The number of fused-ring (bicyclic) bond motifs is 4. The van der Waals surface area contributed by atoms with Gasteiger partial charge >= 0.3 is 0 Å². The fraction of sp³-hybridized carbons (Fsp3) is 0.367. The van der Waals surface area contributed by atoms with Crippen molar-refractivity contribution < 1.29 is 4.79 Å². The van der Waals surface area contributed by atoms with Crippen molar-refractivity contribution in [3.05, 3.63) is 82.6 Å². The molecule has 0 amide bonds. The van der Waals surface area contributed by atoms with Crippen LogP contribution in [-0.4, -0.2) is 57.9 Å². The SMILES string of the molecule is CC(=O)c1ncn2c1CCc1c-2ccc(C)c1CCN1CCN(c2cccc3nc(C)ccc23)CC1. The van der Waals surface area contributed by atoms with Crippen LogP contribution in [0.2, 0.25) is 0 Å². The maximum atomic E-state index is 12.0. The molecule has 0 N–H and O–H groups in total. The van der Waals surface area contributed by atoms with E-state index in [0.717, 1.165) is 68.9 Å². The number of ketones is 1. The molecule has 0 saturated carbocycles. The van der Waals surface area contributed by atoms with Crippen LogP contribution in [0.4, 0.5) is 5.69 Å². The molecule has 6 heteroatoms. The topological polar surface area (TPSA) is 54.3 Å². The van der Waals surface area contributed by atoms with E-state index in [1.165, 1.54) is 33.5 Å². The minimum atomic E-state index is 0.0496. The van der Waals surface area contributed by atoms with Crippen molar-refractivity contribution in [1.29, 1.82) is 0 Å². The Balaban J connectivity index is 1.16. The molecule has 184 valence electrons. The number of benzene rings is 2. The highest BCUT2D eigenvalue weighted by Gasteiger charge is 2.25. The highest BCUT2D eigenvalue weighted by atomic mass is 16.1. The quantitative estimate of drug-likeness (QED) is 0.388. The van der Waals surface area contributed by atoms with Crippen LogP contribution in [0.5, 0.6) is 0 Å². The molecule has 0 atom stereocenters. The molecular formula is C30H33N5O. The number of hydrogen-bond donors (Lipinski definition) is 0. The van der Waals surface area contributed by atoms with Crippen molar-refractivity contribution >= 4 is 22.4 Å². The molecule has 2 aromatic carbocycles. The third-order valence-corrected chi connectivity index (χ3v) is 7.95. The normalized spacial score (nSPS) is 15.7. The highest BCUT2D eigenvalue weighted by molar-refractivity contribution is 5.93. The summed E-state index contributed by atoms with van der Waals surface area (Å²) in [7, 11) is 0. The van der Waals surface area contributed by atoms with Gasteiger partial charge in [0, 0.05) is 56.4 Å². The third kappa shape index (κ3) is 3.99. The first-order valence-corrected chi connectivity index (χ1v) is 13.0. The van der Waals surface area contributed by atoms with Crippen molar-refractivity contribution in [2.24, 2.45) is 0 Å². The van der Waals surface area contributed by atoms with Gasteiger partial charge < -0.3 is 9.47 Å². The van der Waals surface area contributed by atoms with E-state index in [-0.39, 0.29) is 5.78 Å². The van der Waals surface area contributed by atoms with Crippen molar-refractivity contribution in [2.45, 2.75) is 40.0 Å². The Labute approximate surface area is 212 Å². The van der Waals surface area contributed by atoms with E-state index >= 15 is 0 Å². The van der Waals surface area contributed by atoms with E-state index in [4.69, 9.17) is 4.98 Å². The average Bonchev–Trinajstić information content (AvgIpc) is 3.33. The summed E-state index contributed by atoms with van der Waals surface area (Å²) in [6.45, 7) is 11.2. The van der Waals surface area contributed by atoms with Crippen molar-refractivity contribution in [3.8, 4) is 5.69 Å². The van der Waals surface area contributed by atoms with Gasteiger partial charge in [0.2, 0.25) is 0 Å². The second-order valence-corrected chi connectivity index (χ2v) is 10.2. The standard InChI is InChI=1S/C30H33N5O/c1-20-7-11-28-24(10-12-29-30(22(3)36)31-19-35(28)29)23(20)13-14-33-15-17-34(18-16-33)27-6-4-5-26-25(27)9-8-21(2)32-26/h4-9,11,19H,10,12-18H2,1-3H3. The van der Waals surface area contributed by atoms with Gasteiger partial charge in [0.1, 0.15) is 12.0 Å². The van der Waals surface area contributed by atoms with Crippen LogP contribution in [0.3, 0.4) is 0 Å². The maximum absolute atomic E-state index is 12.0. The maximum Gasteiger partial charge on any atom is 0.179 e. The highest BCUT2D eigenvalue weighted by Crippen LogP contribution is 2.32. The zero-order valence-corrected chi connectivity index (χ0v) is 21.4. The summed E-state index contributed by atoms with van der Waals surface area (Å²) >= 11 is 0. The van der Waals surface area contributed by atoms with Crippen LogP contribution in [0.1, 0.15) is 45.5 Å². The molecule has 4 heterocycles. The van der Waals surface area contributed by atoms with Crippen molar-refractivity contribution in [2.75, 3.05) is 37.6 Å². The Kier molecular flexibility index (Phi) is 5.84. The predicted molar refractivity (Wildman–Crippen MR) is 145 cm³/mol. The van der Waals surface area contributed by atoms with Gasteiger partial charge in [-0.15, -0.1) is 0 Å². The molecule has 2 aromatic heterocycles. The number of piperazine rings is 1. The molecule has 0 bridgehead atoms. The van der Waals surface area contributed by atoms with E-state index in [2.05, 4.69) is 68.7 Å². The Morgan fingerprint density at radius 1 is 0.944 bits per heavy atom. The zero-order valence-electron chi connectivity index (χ0n) is 21.4. The summed E-state index contributed by atoms with van der Waals surface area (Å²) in [6, 6.07) is 15.2. The Bertz CT molecular complexity index is 1460. The van der Waals surface area contributed by atoms with Crippen molar-refractivity contribution in [3.63, 3.8) is 0 Å². The molecule has 4 aromatic rings. The Morgan fingerprint density at radius 2 is 1.78 bits per heavy atom. The lowest BCUT2D eigenvalue weighted by molar-refractivity contribution is 0.101. The number of hydrogen-bond acceptors (Lipinski definition) is 5. The second-order valence-electron chi connectivity index (χ2n) is 10.2. The van der Waals surface area contributed by atoms with Gasteiger partial charge in [-0.25, -0.2) is 4.98 Å². The van der Waals surface area contributed by atoms with Crippen LogP contribution >= 0.6 is 0 Å². The second kappa shape index (κ2) is 9.17. The van der Waals surface area contributed by atoms with Crippen LogP contribution in [0.25, 0.3) is 16.6 Å². The number of carbonyl (C=O) groups excluding carboxylic acids is 1. The fourth-order valence-corrected chi connectivity index (χ4v) is 6.01. The molecule has 0 radical (unpaired) electrons. The predicted octanol–water partition coefficient (Wildman–Crippen LogP) is 4.70. The molecule has 2 aliphatic heterocycles. The largest absolute Gasteiger partial charge is 0.368 e. The first-order chi connectivity index (χ1) is 17.5. The lowest BCUT2D eigenvalue weighted by Crippen LogP contribution is -2.47. The van der Waals surface area contributed by atoms with Gasteiger partial charge in [-0.2, -0.15) is 0 Å². The molecule has 6 nitrogen and oxygen atoms in total. The Hall–Kier alpha value is -3.51. The molecule has 2 aliphatic rings. The number of anilines is 1. The molecule has 36 heavy (non-hydrogen) atoms. The molecular weight excluding hydrogens is 446 g/mol. The van der Waals surface area contributed by atoms with E-state index in [1.807, 2.05) is 13.3 Å². The fourth-order valence-electron chi connectivity index (χ4n) is 6.01. The van der Waals surface area contributed by atoms with E-state index in [0.29, 0.717) is 5.69 Å². The number of pyridine rings is 1. The number of aromatic nitrogens is 3. The molecule has 0 spiro atoms. The molecule has 0 aliphatic carbocycles. The first-order valence-electron chi connectivity index (χ1n) is 13.0. The lowest BCUT2D eigenvalue weighted by Gasteiger charge is -2.37. The molecule has 1 fully saturated rings. The van der Waals surface area contributed by atoms with E-state index < -0.39 is 0 Å². The van der Waals surface area contributed by atoms with Gasteiger partial charge in [-0.3, -0.25) is 14.7 Å². The summed E-state index contributed by atoms with van der Waals surface area (Å²) in [4.78, 5) is 26.2. The van der Waals surface area contributed by atoms with Crippen LogP contribution in [-0.2, 0) is 19.3 Å². The van der Waals surface area contributed by atoms with Gasteiger partial charge in [-0.05, 0) is 80.1 Å². The monoisotopic (exact) mass is 479 g/mol. The average molecular weight is 480 g/mol. The first kappa shape index (κ1) is 22.9. The number of rotatable bonds is 5. The summed E-state index contributed by atoms with van der Waals surface area (Å²) in [5.74, 6) is 0.0496. The number of Topliss-reactive ketones (excluding diaryl/α,β-unsaturated/α-hetero) is 1. The van der Waals surface area contributed by atoms with Crippen molar-refractivity contribution in [1.82, 2.24) is 19.4 Å². The third-order valence-electron chi connectivity index (χ3n) is 7.95. The summed E-state index contributed by atoms with van der Waals surface area (Å²) in [5.41, 5.74) is 10.6. The number of nitrogens with zero attached hydrogens (tertiary/aromatic N) is 5. The number of aryl methyl sites for hydroxylation is 2. The van der Waals surface area contributed by atoms with Gasteiger partial charge in [0.25, 0.3) is 0 Å². The van der Waals surface area contributed by atoms with Gasteiger partial charge in [0.15, 0.2) is 5.78 Å². The lowest BCUT2D eigenvalue weighted by atomic mass is 9.90. The minimum absolute atomic E-state index is 0.0496. The van der Waals surface area contributed by atoms with Gasteiger partial charge in [0.05, 0.1) is 16.9 Å². The number of carbonyl (C=O) groups is 1. The van der Waals surface area contributed by atoms with Crippen LogP contribution in [0.15, 0.2) is 48.8 Å². The molecule has 1 saturated heterocycles. The molecule has 6 rings (SSSR count). The van der Waals surface area contributed by atoms with Crippen LogP contribution in [0, 0.1) is 13.8 Å². The smallest absolute Gasteiger partial charge is 0.179 e. The minimum Gasteiger partial charge on any atom is -0.368 e. The van der Waals surface area contributed by atoms with E-state index in [1.54, 1.807) is 6.92 Å².